The lowest BCUT2D eigenvalue weighted by atomic mass is 10.1. The van der Waals surface area contributed by atoms with E-state index in [1.165, 1.54) is 6.08 Å². The second-order valence-corrected chi connectivity index (χ2v) is 4.66. The molecule has 7 heteroatoms. The summed E-state index contributed by atoms with van der Waals surface area (Å²) in [4.78, 5) is 35.2. The fraction of sp³-hybridized carbons (Fsp3) is 0.643. The third kappa shape index (κ3) is 6.40. The Morgan fingerprint density at radius 3 is 2.19 bits per heavy atom. The molecule has 0 spiro atoms. The predicted molar refractivity (Wildman–Crippen MR) is 81.1 cm³/mol. The highest BCUT2D eigenvalue weighted by Crippen LogP contribution is 2.00. The number of nitrogens with two attached hydrogens (primary N) is 1. The van der Waals surface area contributed by atoms with E-state index in [4.69, 9.17) is 5.73 Å². The fourth-order valence-corrected chi connectivity index (χ4v) is 1.79. The van der Waals surface area contributed by atoms with Crippen molar-refractivity contribution in [3.63, 3.8) is 0 Å². The molecule has 0 aliphatic carbocycles. The molecule has 120 valence electrons. The van der Waals surface area contributed by atoms with Crippen LogP contribution in [-0.4, -0.2) is 36.9 Å². The maximum atomic E-state index is 12.0. The van der Waals surface area contributed by atoms with E-state index in [0.717, 1.165) is 6.42 Å². The minimum atomic E-state index is -0.750. The average Bonchev–Trinajstić information content (AvgIpc) is 2.46. The van der Waals surface area contributed by atoms with Gasteiger partial charge in [0.05, 0.1) is 6.04 Å². The third-order valence-corrected chi connectivity index (χ3v) is 3.09. The van der Waals surface area contributed by atoms with Crippen LogP contribution < -0.4 is 21.7 Å². The van der Waals surface area contributed by atoms with E-state index >= 15 is 0 Å². The third-order valence-electron chi connectivity index (χ3n) is 3.09. The molecule has 5 N–H and O–H groups in total. The van der Waals surface area contributed by atoms with E-state index in [9.17, 15) is 14.4 Å². The van der Waals surface area contributed by atoms with Gasteiger partial charge in [0.2, 0.25) is 11.8 Å². The van der Waals surface area contributed by atoms with Crippen LogP contribution in [-0.2, 0) is 14.4 Å². The average molecular weight is 298 g/mol. The maximum Gasteiger partial charge on any atom is 0.268 e. The number of hydrogen-bond acceptors (Lipinski definition) is 4. The van der Waals surface area contributed by atoms with Crippen LogP contribution in [0.2, 0.25) is 0 Å². The van der Waals surface area contributed by atoms with E-state index in [-0.39, 0.29) is 17.6 Å². The van der Waals surface area contributed by atoms with Crippen LogP contribution in [0, 0.1) is 0 Å². The van der Waals surface area contributed by atoms with Gasteiger partial charge in [-0.1, -0.05) is 26.3 Å². The molecule has 0 aliphatic rings. The van der Waals surface area contributed by atoms with Gasteiger partial charge in [-0.05, 0) is 26.8 Å². The van der Waals surface area contributed by atoms with E-state index < -0.39 is 17.9 Å². The lowest BCUT2D eigenvalue weighted by Crippen LogP contribution is -2.49. The van der Waals surface area contributed by atoms with Gasteiger partial charge in [0, 0.05) is 0 Å². The summed E-state index contributed by atoms with van der Waals surface area (Å²) in [7, 11) is 1.69. The van der Waals surface area contributed by atoms with Crippen molar-refractivity contribution in [1.82, 2.24) is 16.0 Å². The number of rotatable bonds is 9. The van der Waals surface area contributed by atoms with Crippen molar-refractivity contribution in [2.24, 2.45) is 5.73 Å². The van der Waals surface area contributed by atoms with E-state index in [2.05, 4.69) is 16.0 Å². The number of hydrogen-bond donors (Lipinski definition) is 4. The molecule has 0 rings (SSSR count). The summed E-state index contributed by atoms with van der Waals surface area (Å²) >= 11 is 0. The van der Waals surface area contributed by atoms with Crippen LogP contribution in [0.1, 0.15) is 40.0 Å². The molecule has 0 aromatic heterocycles. The molecule has 0 aromatic carbocycles. The van der Waals surface area contributed by atoms with Crippen LogP contribution in [0.25, 0.3) is 0 Å². The van der Waals surface area contributed by atoms with Gasteiger partial charge in [0.1, 0.15) is 11.7 Å². The Hall–Kier alpha value is -1.89. The van der Waals surface area contributed by atoms with Crippen LogP contribution >= 0.6 is 0 Å². The van der Waals surface area contributed by atoms with Crippen LogP contribution in [0.3, 0.4) is 0 Å². The summed E-state index contributed by atoms with van der Waals surface area (Å²) in [6.07, 6.45) is 3.39. The molecule has 0 radical (unpaired) electrons. The SMILES string of the molecule is C/C=C(/NC(=O)C(CCC)NC)C(=O)NC(CC)C(N)=O. The van der Waals surface area contributed by atoms with Gasteiger partial charge in [-0.15, -0.1) is 0 Å². The van der Waals surface area contributed by atoms with Crippen LogP contribution in [0.15, 0.2) is 11.8 Å². The summed E-state index contributed by atoms with van der Waals surface area (Å²) < 4.78 is 0. The number of nitrogens with one attached hydrogen (secondary N) is 3. The predicted octanol–water partition coefficient (Wildman–Crippen LogP) is -0.225. The molecule has 0 saturated heterocycles. The highest BCUT2D eigenvalue weighted by molar-refractivity contribution is 6.00. The zero-order valence-corrected chi connectivity index (χ0v) is 13.2. The largest absolute Gasteiger partial charge is 0.368 e. The first-order valence-electron chi connectivity index (χ1n) is 7.15. The molecule has 0 aliphatic heterocycles. The molecule has 0 aromatic rings. The Balaban J connectivity index is 4.75. The summed E-state index contributed by atoms with van der Waals surface area (Å²) in [5.74, 6) is -1.41. The van der Waals surface area contributed by atoms with Gasteiger partial charge in [0.15, 0.2) is 0 Å². The lowest BCUT2D eigenvalue weighted by molar-refractivity contribution is -0.127. The zero-order chi connectivity index (χ0) is 16.4. The van der Waals surface area contributed by atoms with E-state index in [0.29, 0.717) is 12.8 Å². The summed E-state index contributed by atoms with van der Waals surface area (Å²) in [5.41, 5.74) is 5.28. The van der Waals surface area contributed by atoms with Crippen molar-refractivity contribution >= 4 is 17.7 Å². The van der Waals surface area contributed by atoms with Crippen molar-refractivity contribution in [2.45, 2.75) is 52.1 Å². The lowest BCUT2D eigenvalue weighted by Gasteiger charge is -2.18. The highest BCUT2D eigenvalue weighted by Gasteiger charge is 2.22. The molecule has 0 fully saturated rings. The number of carbonyl (C=O) groups excluding carboxylic acids is 3. The Labute approximate surface area is 125 Å². The first-order valence-corrected chi connectivity index (χ1v) is 7.15. The van der Waals surface area contributed by atoms with Crippen molar-refractivity contribution in [3.8, 4) is 0 Å². The Morgan fingerprint density at radius 2 is 1.81 bits per heavy atom. The van der Waals surface area contributed by atoms with Gasteiger partial charge in [-0.3, -0.25) is 14.4 Å². The van der Waals surface area contributed by atoms with Gasteiger partial charge >= 0.3 is 0 Å². The normalized spacial score (nSPS) is 14.2. The highest BCUT2D eigenvalue weighted by atomic mass is 16.2. The Kier molecular flexibility index (Phi) is 9.03. The standard InChI is InChI=1S/C14H26N4O3/c1-5-8-11(16-4)14(21)18-10(7-3)13(20)17-9(6-2)12(15)19/h7,9,11,16H,5-6,8H2,1-4H3,(H2,15,19)(H,17,20)(H,18,21)/b10-7+. The maximum absolute atomic E-state index is 12.0. The first kappa shape index (κ1) is 19.1. The zero-order valence-electron chi connectivity index (χ0n) is 13.2. The van der Waals surface area contributed by atoms with Gasteiger partial charge < -0.3 is 21.7 Å². The van der Waals surface area contributed by atoms with Gasteiger partial charge in [-0.25, -0.2) is 0 Å². The summed E-state index contributed by atoms with van der Waals surface area (Å²) in [5, 5.41) is 7.96. The topological polar surface area (TPSA) is 113 Å². The number of carbonyl (C=O) groups is 3. The monoisotopic (exact) mass is 298 g/mol. The molecule has 2 unspecified atom stereocenters. The van der Waals surface area contributed by atoms with Crippen LogP contribution in [0.5, 0.6) is 0 Å². The number of likely N-dealkylation sites (N-methyl/N-ethyl adjacent to an activating group) is 1. The minimum absolute atomic E-state index is 0.107. The number of amides is 3. The van der Waals surface area contributed by atoms with E-state index in [1.807, 2.05) is 6.92 Å². The number of allylic oxidation sites excluding steroid dienone is 1. The molecule has 0 heterocycles. The van der Waals surface area contributed by atoms with E-state index in [1.54, 1.807) is 20.9 Å². The van der Waals surface area contributed by atoms with Crippen molar-refractivity contribution in [1.29, 1.82) is 0 Å². The van der Waals surface area contributed by atoms with Gasteiger partial charge in [0.25, 0.3) is 5.91 Å². The van der Waals surface area contributed by atoms with Crippen LogP contribution in [0.4, 0.5) is 0 Å². The molecule has 7 nitrogen and oxygen atoms in total. The fourth-order valence-electron chi connectivity index (χ4n) is 1.79. The Morgan fingerprint density at radius 1 is 1.19 bits per heavy atom. The first-order chi connectivity index (χ1) is 9.90. The molecule has 0 saturated carbocycles. The van der Waals surface area contributed by atoms with Crippen molar-refractivity contribution < 1.29 is 14.4 Å². The molecular formula is C14H26N4O3. The molecule has 2 atom stereocenters. The molecule has 3 amide bonds. The molecular weight excluding hydrogens is 272 g/mol. The van der Waals surface area contributed by atoms with Crippen molar-refractivity contribution in [3.05, 3.63) is 11.8 Å². The number of primary amides is 1. The minimum Gasteiger partial charge on any atom is -0.368 e. The van der Waals surface area contributed by atoms with Gasteiger partial charge in [-0.2, -0.15) is 0 Å². The second kappa shape index (κ2) is 9.93. The van der Waals surface area contributed by atoms with Crippen molar-refractivity contribution in [2.75, 3.05) is 7.05 Å². The molecule has 21 heavy (non-hydrogen) atoms. The molecule has 0 bridgehead atoms. The summed E-state index contributed by atoms with van der Waals surface area (Å²) in [6.45, 7) is 5.34. The Bertz CT molecular complexity index is 407. The smallest absolute Gasteiger partial charge is 0.268 e. The quantitative estimate of drug-likeness (QED) is 0.440. The summed E-state index contributed by atoms with van der Waals surface area (Å²) in [6, 6.07) is -1.11. The second-order valence-electron chi connectivity index (χ2n) is 4.66.